The molecule has 0 saturated carbocycles. The molecule has 30 heavy (non-hydrogen) atoms. The summed E-state index contributed by atoms with van der Waals surface area (Å²) in [6, 6.07) is 9.92. The normalized spacial score (nSPS) is 12.0. The number of esters is 1. The molecule has 1 N–H and O–H groups in total. The van der Waals surface area contributed by atoms with E-state index in [0.717, 1.165) is 12.8 Å². The number of amides is 1. The first-order valence-corrected chi connectivity index (χ1v) is 9.78. The van der Waals surface area contributed by atoms with E-state index in [4.69, 9.17) is 9.26 Å². The quantitative estimate of drug-likeness (QED) is 0.563. The highest BCUT2D eigenvalue weighted by molar-refractivity contribution is 5.99. The van der Waals surface area contributed by atoms with E-state index >= 15 is 0 Å². The molecule has 0 bridgehead atoms. The summed E-state index contributed by atoms with van der Waals surface area (Å²) in [5.74, 6) is -0.813. The smallest absolute Gasteiger partial charge is 0.361 e. The lowest BCUT2D eigenvalue weighted by atomic mass is 10.1. The van der Waals surface area contributed by atoms with Crippen molar-refractivity contribution < 1.29 is 18.8 Å². The average molecular weight is 412 g/mol. The van der Waals surface area contributed by atoms with Gasteiger partial charge in [0.2, 0.25) is 11.6 Å². The maximum Gasteiger partial charge on any atom is 0.361 e. The average Bonchev–Trinajstić information content (AvgIpc) is 3.14. The second kappa shape index (κ2) is 9.34. The molecule has 3 rings (SSSR count). The number of nitrogens with zero attached hydrogens (tertiary/aromatic N) is 3. The summed E-state index contributed by atoms with van der Waals surface area (Å²) in [4.78, 5) is 41.6. The first kappa shape index (κ1) is 21.2. The van der Waals surface area contributed by atoms with Crippen molar-refractivity contribution in [3.8, 4) is 0 Å². The van der Waals surface area contributed by atoms with Crippen molar-refractivity contribution in [2.45, 2.75) is 46.2 Å². The Labute approximate surface area is 173 Å². The van der Waals surface area contributed by atoms with E-state index in [1.54, 1.807) is 13.8 Å². The van der Waals surface area contributed by atoms with Crippen LogP contribution in [0.15, 0.2) is 39.6 Å². The van der Waals surface area contributed by atoms with Crippen molar-refractivity contribution in [2.24, 2.45) is 0 Å². The van der Waals surface area contributed by atoms with Gasteiger partial charge in [0.05, 0.1) is 6.61 Å². The molecule has 2 aromatic heterocycles. The monoisotopic (exact) mass is 412 g/mol. The van der Waals surface area contributed by atoms with Gasteiger partial charge >= 0.3 is 5.97 Å². The molecule has 0 aliphatic carbocycles. The Balaban J connectivity index is 1.73. The number of rotatable bonds is 8. The van der Waals surface area contributed by atoms with Gasteiger partial charge in [-0.1, -0.05) is 35.5 Å². The Hall–Kier alpha value is -3.49. The molecular weight excluding hydrogens is 388 g/mol. The highest BCUT2D eigenvalue weighted by Crippen LogP contribution is 2.14. The van der Waals surface area contributed by atoms with E-state index in [2.05, 4.69) is 15.5 Å². The molecule has 9 nitrogen and oxygen atoms in total. The fourth-order valence-electron chi connectivity index (χ4n) is 3.13. The predicted octanol–water partition coefficient (Wildman–Crippen LogP) is 2.01. The molecule has 3 aromatic rings. The molecule has 0 saturated heterocycles. The number of carbonyl (C=O) groups excluding carboxylic acids is 2. The molecule has 1 amide bonds. The minimum absolute atomic E-state index is 0.0616. The highest BCUT2D eigenvalue weighted by atomic mass is 16.5. The SMILES string of the molecule is CCOC(=O)c1noc2nc(C)n(CC(=O)N[C@H](C)CCc3ccccc3)c(=O)c12. The van der Waals surface area contributed by atoms with E-state index in [0.29, 0.717) is 0 Å². The van der Waals surface area contributed by atoms with Gasteiger partial charge in [0, 0.05) is 6.04 Å². The first-order chi connectivity index (χ1) is 14.4. The van der Waals surface area contributed by atoms with Crippen molar-refractivity contribution in [3.63, 3.8) is 0 Å². The second-order valence-electron chi connectivity index (χ2n) is 6.97. The van der Waals surface area contributed by atoms with Crippen LogP contribution in [0.5, 0.6) is 0 Å². The van der Waals surface area contributed by atoms with Crippen LogP contribution in [0.25, 0.3) is 11.1 Å². The largest absolute Gasteiger partial charge is 0.461 e. The van der Waals surface area contributed by atoms with Gasteiger partial charge in [0.15, 0.2) is 0 Å². The summed E-state index contributed by atoms with van der Waals surface area (Å²) >= 11 is 0. The summed E-state index contributed by atoms with van der Waals surface area (Å²) < 4.78 is 11.1. The summed E-state index contributed by atoms with van der Waals surface area (Å²) in [6.07, 6.45) is 1.60. The molecule has 0 unspecified atom stereocenters. The van der Waals surface area contributed by atoms with Crippen molar-refractivity contribution in [1.82, 2.24) is 20.0 Å². The zero-order valence-electron chi connectivity index (χ0n) is 17.2. The molecule has 1 aromatic carbocycles. The van der Waals surface area contributed by atoms with E-state index in [9.17, 15) is 14.4 Å². The summed E-state index contributed by atoms with van der Waals surface area (Å²) in [5, 5.41) is 6.41. The Kier molecular flexibility index (Phi) is 6.61. The molecule has 9 heteroatoms. The van der Waals surface area contributed by atoms with Crippen molar-refractivity contribution >= 4 is 23.0 Å². The van der Waals surface area contributed by atoms with Crippen LogP contribution in [0, 0.1) is 6.92 Å². The number of carbonyl (C=O) groups is 2. The molecule has 158 valence electrons. The van der Waals surface area contributed by atoms with Crippen LogP contribution in [0.4, 0.5) is 0 Å². The maximum absolute atomic E-state index is 12.9. The third-order valence-corrected chi connectivity index (χ3v) is 4.67. The first-order valence-electron chi connectivity index (χ1n) is 9.78. The number of hydrogen-bond acceptors (Lipinski definition) is 7. The van der Waals surface area contributed by atoms with Gasteiger partial charge in [-0.05, 0) is 39.2 Å². The molecule has 0 spiro atoms. The lowest BCUT2D eigenvalue weighted by Crippen LogP contribution is -2.38. The van der Waals surface area contributed by atoms with Crippen molar-refractivity contribution in [3.05, 3.63) is 57.8 Å². The van der Waals surface area contributed by atoms with Gasteiger partial charge < -0.3 is 14.6 Å². The highest BCUT2D eigenvalue weighted by Gasteiger charge is 2.24. The van der Waals surface area contributed by atoms with Crippen LogP contribution in [-0.2, 0) is 22.5 Å². The fourth-order valence-corrected chi connectivity index (χ4v) is 3.13. The number of nitrogens with one attached hydrogen (secondary N) is 1. The third kappa shape index (κ3) is 4.73. The van der Waals surface area contributed by atoms with Crippen molar-refractivity contribution in [1.29, 1.82) is 0 Å². The fraction of sp³-hybridized carbons (Fsp3) is 0.381. The van der Waals surface area contributed by atoms with Crippen LogP contribution in [0.2, 0.25) is 0 Å². The van der Waals surface area contributed by atoms with Gasteiger partial charge in [-0.2, -0.15) is 4.98 Å². The number of aryl methyl sites for hydroxylation is 2. The van der Waals surface area contributed by atoms with E-state index < -0.39 is 11.5 Å². The Morgan fingerprint density at radius 3 is 2.70 bits per heavy atom. The topological polar surface area (TPSA) is 116 Å². The van der Waals surface area contributed by atoms with Crippen molar-refractivity contribution in [2.75, 3.05) is 6.61 Å². The standard InChI is InChI=1S/C21H24N4O5/c1-4-29-21(28)18-17-19(30-24-18)23-14(3)25(20(17)27)12-16(26)22-13(2)10-11-15-8-6-5-7-9-15/h5-9,13H,4,10-12H2,1-3H3,(H,22,26)/t13-/m1/s1. The minimum atomic E-state index is -0.774. The Bertz CT molecular complexity index is 1100. The van der Waals surface area contributed by atoms with Crippen LogP contribution >= 0.6 is 0 Å². The zero-order valence-corrected chi connectivity index (χ0v) is 17.2. The maximum atomic E-state index is 12.9. The molecule has 1 atom stereocenters. The molecular formula is C21H24N4O5. The molecule has 0 aliphatic rings. The lowest BCUT2D eigenvalue weighted by Gasteiger charge is -2.15. The van der Waals surface area contributed by atoms with E-state index in [-0.39, 0.29) is 47.7 Å². The third-order valence-electron chi connectivity index (χ3n) is 4.67. The summed E-state index contributed by atoms with van der Waals surface area (Å²) in [6.45, 7) is 5.04. The second-order valence-corrected chi connectivity index (χ2v) is 6.97. The van der Waals surface area contributed by atoms with Crippen LogP contribution < -0.4 is 10.9 Å². The number of ether oxygens (including phenoxy) is 1. The van der Waals surface area contributed by atoms with E-state index in [1.807, 2.05) is 37.3 Å². The van der Waals surface area contributed by atoms with E-state index in [1.165, 1.54) is 10.1 Å². The zero-order chi connectivity index (χ0) is 21.7. The number of fused-ring (bicyclic) bond motifs is 1. The molecule has 0 aliphatic heterocycles. The van der Waals surface area contributed by atoms with Gasteiger partial charge in [0.1, 0.15) is 17.8 Å². The molecule has 0 fully saturated rings. The number of hydrogen-bond donors (Lipinski definition) is 1. The van der Waals surface area contributed by atoms with Gasteiger partial charge in [-0.25, -0.2) is 4.79 Å². The summed E-state index contributed by atoms with van der Waals surface area (Å²) in [5.41, 5.74) is 0.316. The summed E-state index contributed by atoms with van der Waals surface area (Å²) in [7, 11) is 0. The van der Waals surface area contributed by atoms with Crippen LogP contribution in [0.1, 0.15) is 42.1 Å². The Morgan fingerprint density at radius 1 is 1.27 bits per heavy atom. The van der Waals surface area contributed by atoms with Crippen LogP contribution in [0.3, 0.4) is 0 Å². The lowest BCUT2D eigenvalue weighted by molar-refractivity contribution is -0.122. The number of benzene rings is 1. The van der Waals surface area contributed by atoms with Gasteiger partial charge in [-0.3, -0.25) is 14.2 Å². The van der Waals surface area contributed by atoms with Crippen LogP contribution in [-0.4, -0.2) is 39.2 Å². The molecule has 2 heterocycles. The van der Waals surface area contributed by atoms with Gasteiger partial charge in [0.25, 0.3) is 11.3 Å². The molecule has 0 radical (unpaired) electrons. The van der Waals surface area contributed by atoms with Gasteiger partial charge in [-0.15, -0.1) is 0 Å². The Morgan fingerprint density at radius 2 is 2.00 bits per heavy atom. The number of aromatic nitrogens is 3. The minimum Gasteiger partial charge on any atom is -0.461 e. The predicted molar refractivity (Wildman–Crippen MR) is 109 cm³/mol.